The Morgan fingerprint density at radius 3 is 2.42 bits per heavy atom. The summed E-state index contributed by atoms with van der Waals surface area (Å²) in [5.74, 6) is -0.915. The first-order chi connectivity index (χ1) is 15.0. The zero-order valence-corrected chi connectivity index (χ0v) is 17.4. The number of hydrogen-bond donors (Lipinski definition) is 1. The number of pyridine rings is 1. The van der Waals surface area contributed by atoms with Crippen LogP contribution in [-0.4, -0.2) is 27.8 Å². The van der Waals surface area contributed by atoms with Gasteiger partial charge in [-0.25, -0.2) is 14.3 Å². The molecular weight excluding hydrogens is 421 g/mol. The number of fused-ring (bicyclic) bond motifs is 1. The Labute approximate surface area is 182 Å². The number of hydrogen-bond acceptors (Lipinski definition) is 4. The first-order valence-corrected chi connectivity index (χ1v) is 10.0. The minimum atomic E-state index is -0.571. The number of esters is 1. The summed E-state index contributed by atoms with van der Waals surface area (Å²) in [5.41, 5.74) is 2.41. The average Bonchev–Trinajstić information content (AvgIpc) is 3.16. The Morgan fingerprint density at radius 1 is 1.13 bits per heavy atom. The molecule has 2 aliphatic rings. The number of H-pyrrole nitrogens is 1. The lowest BCUT2D eigenvalue weighted by molar-refractivity contribution is 0.0600. The fourth-order valence-electron chi connectivity index (χ4n) is 3.67. The number of carbonyl (C=O) groups excluding carboxylic acids is 1. The largest absolute Gasteiger partial charge is 0.465 e. The van der Waals surface area contributed by atoms with Gasteiger partial charge in [0.05, 0.1) is 12.7 Å². The van der Waals surface area contributed by atoms with E-state index in [0.717, 1.165) is 11.1 Å². The van der Waals surface area contributed by atoms with Crippen molar-refractivity contribution in [2.45, 2.75) is 18.9 Å². The Balaban J connectivity index is 1.69. The van der Waals surface area contributed by atoms with Gasteiger partial charge in [-0.15, -0.1) is 0 Å². The molecule has 2 aliphatic heterocycles. The van der Waals surface area contributed by atoms with E-state index in [4.69, 9.17) is 16.3 Å². The Bertz CT molecular complexity index is 1190. The van der Waals surface area contributed by atoms with E-state index >= 15 is 0 Å². The number of halogens is 2. The second kappa shape index (κ2) is 8.73. The summed E-state index contributed by atoms with van der Waals surface area (Å²) in [5, 5.41) is 6.94. The molecule has 2 heterocycles. The molecule has 1 N–H and O–H groups in total. The van der Waals surface area contributed by atoms with Crippen LogP contribution in [0.3, 0.4) is 0 Å². The molecule has 0 saturated carbocycles. The van der Waals surface area contributed by atoms with Crippen molar-refractivity contribution in [1.82, 2.24) is 14.8 Å². The molecule has 4 rings (SSSR count). The minimum Gasteiger partial charge on any atom is -0.465 e. The molecule has 158 valence electrons. The molecule has 2 aromatic rings. The van der Waals surface area contributed by atoms with Crippen molar-refractivity contribution in [1.29, 1.82) is 0 Å². The predicted molar refractivity (Wildman–Crippen MR) is 115 cm³/mol. The maximum absolute atomic E-state index is 13.5. The highest BCUT2D eigenvalue weighted by Gasteiger charge is 2.22. The van der Waals surface area contributed by atoms with Gasteiger partial charge in [0.1, 0.15) is 17.1 Å². The second-order valence-electron chi connectivity index (χ2n) is 7.16. The molecule has 0 aliphatic carbocycles. The van der Waals surface area contributed by atoms with Gasteiger partial charge in [-0.3, -0.25) is 4.79 Å². The Hall–Kier alpha value is -3.45. The van der Waals surface area contributed by atoms with Gasteiger partial charge in [-0.1, -0.05) is 35.9 Å². The van der Waals surface area contributed by atoms with Gasteiger partial charge < -0.3 is 9.30 Å². The second-order valence-corrected chi connectivity index (χ2v) is 7.60. The summed E-state index contributed by atoms with van der Waals surface area (Å²) in [6.07, 6.45) is 3.92. The zero-order valence-electron chi connectivity index (χ0n) is 16.6. The summed E-state index contributed by atoms with van der Waals surface area (Å²) in [7, 11) is 1.28. The van der Waals surface area contributed by atoms with Crippen LogP contribution < -0.4 is 5.56 Å². The summed E-state index contributed by atoms with van der Waals surface area (Å²) in [4.78, 5) is 24.3. The maximum Gasteiger partial charge on any atom is 0.341 e. The monoisotopic (exact) mass is 439 g/mol. The maximum atomic E-state index is 13.5. The first kappa shape index (κ1) is 20.8. The van der Waals surface area contributed by atoms with Crippen LogP contribution in [0.15, 0.2) is 65.7 Å². The van der Waals surface area contributed by atoms with Crippen LogP contribution >= 0.6 is 11.6 Å². The molecule has 0 saturated heterocycles. The van der Waals surface area contributed by atoms with Gasteiger partial charge in [0, 0.05) is 29.9 Å². The fraction of sp³-hybridized carbons (Fsp3) is 0.174. The molecule has 0 unspecified atom stereocenters. The standard InChI is InChI=1S/C23H19ClFN3O3/c1-31-23(30)20-13-28(12-19-21(20)26-27-22(19)29)11-10-18(14-2-6-16(24)7-3-14)15-4-8-17(25)9-5-15/h2-9,12-13,18H,10-11H2,1H3,(H,27,29)/t18-/m0/s1. The Kier molecular flexibility index (Phi) is 5.86. The van der Waals surface area contributed by atoms with Crippen LogP contribution in [0.25, 0.3) is 11.3 Å². The van der Waals surface area contributed by atoms with E-state index in [0.29, 0.717) is 23.6 Å². The van der Waals surface area contributed by atoms with Gasteiger partial charge in [0.15, 0.2) is 0 Å². The molecule has 0 radical (unpaired) electrons. The zero-order chi connectivity index (χ0) is 22.0. The first-order valence-electron chi connectivity index (χ1n) is 9.63. The number of methoxy groups -OCH3 is 1. The van der Waals surface area contributed by atoms with Crippen LogP contribution in [0.4, 0.5) is 4.39 Å². The van der Waals surface area contributed by atoms with Crippen molar-refractivity contribution in [3.8, 4) is 11.3 Å². The molecule has 31 heavy (non-hydrogen) atoms. The molecule has 0 spiro atoms. The number of ether oxygens (including phenoxy) is 1. The SMILES string of the molecule is COC(=O)c1cn(CC[C@H](c2ccc(F)cc2)c2ccc(Cl)cc2)cc2c(=O)[nH]nc1-2. The summed E-state index contributed by atoms with van der Waals surface area (Å²) < 4.78 is 20.1. The summed E-state index contributed by atoms with van der Waals surface area (Å²) in [6.45, 7) is 0.495. The highest BCUT2D eigenvalue weighted by atomic mass is 35.5. The third kappa shape index (κ3) is 4.36. The van der Waals surface area contributed by atoms with Crippen LogP contribution in [-0.2, 0) is 11.3 Å². The highest BCUT2D eigenvalue weighted by Crippen LogP contribution is 2.30. The number of aromatic amines is 1. The van der Waals surface area contributed by atoms with Crippen LogP contribution in [0.2, 0.25) is 5.02 Å². The number of aromatic nitrogens is 3. The molecule has 0 bridgehead atoms. The van der Waals surface area contributed by atoms with Crippen molar-refractivity contribution in [3.05, 3.63) is 98.8 Å². The van der Waals surface area contributed by atoms with Crippen molar-refractivity contribution in [3.63, 3.8) is 0 Å². The van der Waals surface area contributed by atoms with Gasteiger partial charge >= 0.3 is 5.97 Å². The third-order valence-electron chi connectivity index (χ3n) is 5.24. The van der Waals surface area contributed by atoms with E-state index in [2.05, 4.69) is 10.2 Å². The van der Waals surface area contributed by atoms with E-state index < -0.39 is 5.97 Å². The van der Waals surface area contributed by atoms with E-state index in [-0.39, 0.29) is 28.6 Å². The lowest BCUT2D eigenvalue weighted by Crippen LogP contribution is -2.13. The molecule has 0 fully saturated rings. The molecule has 0 amide bonds. The third-order valence-corrected chi connectivity index (χ3v) is 5.49. The van der Waals surface area contributed by atoms with Gasteiger partial charge in [-0.05, 0) is 41.8 Å². The Morgan fingerprint density at radius 2 is 1.77 bits per heavy atom. The van der Waals surface area contributed by atoms with Gasteiger partial charge in [0.2, 0.25) is 0 Å². The minimum absolute atomic E-state index is 0.0429. The van der Waals surface area contributed by atoms with E-state index in [1.54, 1.807) is 29.1 Å². The van der Waals surface area contributed by atoms with E-state index in [1.807, 2.05) is 24.3 Å². The number of benzene rings is 2. The molecule has 0 aromatic heterocycles. The van der Waals surface area contributed by atoms with Crippen LogP contribution in [0, 0.1) is 5.82 Å². The average molecular weight is 440 g/mol. The summed E-state index contributed by atoms with van der Waals surface area (Å²) >= 11 is 6.04. The van der Waals surface area contributed by atoms with Gasteiger partial charge in [0.25, 0.3) is 5.56 Å². The lowest BCUT2D eigenvalue weighted by atomic mass is 9.88. The number of rotatable bonds is 6. The van der Waals surface area contributed by atoms with E-state index in [9.17, 15) is 14.0 Å². The molecule has 2 aromatic carbocycles. The highest BCUT2D eigenvalue weighted by molar-refractivity contribution is 6.30. The van der Waals surface area contributed by atoms with Crippen molar-refractivity contribution < 1.29 is 13.9 Å². The number of aryl methyl sites for hydroxylation is 1. The number of nitrogens with zero attached hydrogens (tertiary/aromatic N) is 2. The molecular formula is C23H19ClFN3O3. The fourth-order valence-corrected chi connectivity index (χ4v) is 3.80. The van der Waals surface area contributed by atoms with Crippen molar-refractivity contribution in [2.24, 2.45) is 0 Å². The van der Waals surface area contributed by atoms with Gasteiger partial charge in [-0.2, -0.15) is 5.10 Å². The normalized spacial score (nSPS) is 12.1. The molecule has 6 nitrogen and oxygen atoms in total. The van der Waals surface area contributed by atoms with Crippen LogP contribution in [0.5, 0.6) is 0 Å². The number of carbonyl (C=O) groups is 1. The lowest BCUT2D eigenvalue weighted by Gasteiger charge is -2.20. The van der Waals surface area contributed by atoms with Crippen molar-refractivity contribution in [2.75, 3.05) is 7.11 Å². The van der Waals surface area contributed by atoms with Crippen LogP contribution in [0.1, 0.15) is 33.8 Å². The molecule has 8 heteroatoms. The predicted octanol–water partition coefficient (Wildman–Crippen LogP) is 4.48. The van der Waals surface area contributed by atoms with E-state index in [1.165, 1.54) is 19.2 Å². The number of nitrogens with one attached hydrogen (secondary N) is 1. The molecule has 1 atom stereocenters. The summed E-state index contributed by atoms with van der Waals surface area (Å²) in [6, 6.07) is 13.9. The quantitative estimate of drug-likeness (QED) is 0.449. The smallest absolute Gasteiger partial charge is 0.341 e. The topological polar surface area (TPSA) is 77.0 Å². The van der Waals surface area contributed by atoms with Crippen molar-refractivity contribution >= 4 is 17.6 Å².